The van der Waals surface area contributed by atoms with Crippen LogP contribution in [0.3, 0.4) is 0 Å². The Hall–Kier alpha value is -0.880. The fourth-order valence-electron chi connectivity index (χ4n) is 1.82. The molecule has 1 aromatic heterocycles. The molecule has 0 amide bonds. The van der Waals surface area contributed by atoms with Crippen LogP contribution in [0.1, 0.15) is 19.8 Å². The molecule has 1 aliphatic rings. The molecule has 5 nitrogen and oxygen atoms in total. The number of rotatable bonds is 5. The SMILES string of the molecule is CC(NCCn1cc(Br)c(=O)[nH]c1=O)C1CC1. The average Bonchev–Trinajstić information content (AvgIpc) is 3.09. The van der Waals surface area contributed by atoms with Crippen LogP contribution in [-0.4, -0.2) is 22.1 Å². The van der Waals surface area contributed by atoms with Gasteiger partial charge in [0.25, 0.3) is 5.56 Å². The van der Waals surface area contributed by atoms with E-state index in [0.717, 1.165) is 12.5 Å². The smallest absolute Gasteiger partial charge is 0.312 e. The van der Waals surface area contributed by atoms with Crippen LogP contribution in [0.4, 0.5) is 0 Å². The molecular weight excluding hydrogens is 286 g/mol. The first kappa shape index (κ1) is 12.6. The zero-order chi connectivity index (χ0) is 12.4. The molecule has 1 unspecified atom stereocenters. The van der Waals surface area contributed by atoms with Crippen LogP contribution < -0.4 is 16.6 Å². The zero-order valence-electron chi connectivity index (χ0n) is 9.70. The van der Waals surface area contributed by atoms with Crippen molar-refractivity contribution in [1.82, 2.24) is 14.9 Å². The molecule has 0 spiro atoms. The van der Waals surface area contributed by atoms with Gasteiger partial charge in [-0.15, -0.1) is 0 Å². The second-order valence-electron chi connectivity index (χ2n) is 4.51. The summed E-state index contributed by atoms with van der Waals surface area (Å²) in [4.78, 5) is 24.9. The molecule has 6 heteroatoms. The first-order valence-corrected chi connectivity index (χ1v) is 6.60. The lowest BCUT2D eigenvalue weighted by Crippen LogP contribution is -2.35. The minimum atomic E-state index is -0.384. The molecule has 0 aliphatic heterocycles. The van der Waals surface area contributed by atoms with Crippen molar-refractivity contribution in [3.8, 4) is 0 Å². The number of nitrogens with zero attached hydrogens (tertiary/aromatic N) is 1. The van der Waals surface area contributed by atoms with E-state index in [0.29, 0.717) is 17.1 Å². The highest BCUT2D eigenvalue weighted by Gasteiger charge is 2.27. The van der Waals surface area contributed by atoms with Crippen LogP contribution in [0, 0.1) is 5.92 Å². The maximum absolute atomic E-state index is 11.5. The molecule has 94 valence electrons. The summed E-state index contributed by atoms with van der Waals surface area (Å²) in [6.45, 7) is 3.46. The van der Waals surface area contributed by atoms with Gasteiger partial charge in [0, 0.05) is 25.3 Å². The topological polar surface area (TPSA) is 66.9 Å². The van der Waals surface area contributed by atoms with Crippen LogP contribution >= 0.6 is 15.9 Å². The normalized spacial score (nSPS) is 17.1. The number of nitrogens with one attached hydrogen (secondary N) is 2. The summed E-state index contributed by atoms with van der Waals surface area (Å²) in [6.07, 6.45) is 4.14. The van der Waals surface area contributed by atoms with Crippen LogP contribution in [-0.2, 0) is 6.54 Å². The van der Waals surface area contributed by atoms with Gasteiger partial charge in [0.1, 0.15) is 0 Å². The van der Waals surface area contributed by atoms with E-state index in [9.17, 15) is 9.59 Å². The van der Waals surface area contributed by atoms with Gasteiger partial charge in [-0.2, -0.15) is 0 Å². The highest BCUT2D eigenvalue weighted by molar-refractivity contribution is 9.10. The molecule has 0 bridgehead atoms. The molecule has 1 heterocycles. The van der Waals surface area contributed by atoms with Gasteiger partial charge in [0.05, 0.1) is 4.47 Å². The first-order valence-electron chi connectivity index (χ1n) is 5.80. The number of H-pyrrole nitrogens is 1. The standard InChI is InChI=1S/C11H16BrN3O2/c1-7(8-2-3-8)13-4-5-15-6-9(12)10(16)14-11(15)17/h6-8,13H,2-5H2,1H3,(H,14,16,17). The molecule has 1 aliphatic carbocycles. The van der Waals surface area contributed by atoms with Gasteiger partial charge in [0.2, 0.25) is 0 Å². The second kappa shape index (κ2) is 5.18. The van der Waals surface area contributed by atoms with Gasteiger partial charge >= 0.3 is 5.69 Å². The average molecular weight is 302 g/mol. The summed E-state index contributed by atoms with van der Waals surface area (Å²) < 4.78 is 1.88. The third-order valence-electron chi connectivity index (χ3n) is 3.12. The third kappa shape index (κ3) is 3.29. The van der Waals surface area contributed by atoms with Crippen molar-refractivity contribution in [1.29, 1.82) is 0 Å². The Morgan fingerprint density at radius 2 is 2.29 bits per heavy atom. The lowest BCUT2D eigenvalue weighted by Gasteiger charge is -2.13. The fourth-order valence-corrected chi connectivity index (χ4v) is 2.17. The Labute approximate surface area is 107 Å². The molecule has 0 saturated heterocycles. The summed E-state index contributed by atoms with van der Waals surface area (Å²) in [7, 11) is 0. The van der Waals surface area contributed by atoms with Gasteiger partial charge in [-0.3, -0.25) is 14.3 Å². The molecule has 17 heavy (non-hydrogen) atoms. The molecule has 0 aromatic carbocycles. The number of hydrogen-bond acceptors (Lipinski definition) is 3. The van der Waals surface area contributed by atoms with E-state index in [1.165, 1.54) is 23.6 Å². The summed E-state index contributed by atoms with van der Waals surface area (Å²) in [5, 5.41) is 3.39. The molecule has 0 radical (unpaired) electrons. The Morgan fingerprint density at radius 3 is 2.94 bits per heavy atom. The lowest BCUT2D eigenvalue weighted by atomic mass is 10.2. The van der Waals surface area contributed by atoms with Crippen LogP contribution in [0.25, 0.3) is 0 Å². The van der Waals surface area contributed by atoms with Crippen molar-refractivity contribution >= 4 is 15.9 Å². The minimum absolute atomic E-state index is 0.362. The van der Waals surface area contributed by atoms with Crippen molar-refractivity contribution in [2.75, 3.05) is 6.54 Å². The minimum Gasteiger partial charge on any atom is -0.312 e. The highest BCUT2D eigenvalue weighted by Crippen LogP contribution is 2.32. The summed E-state index contributed by atoms with van der Waals surface area (Å²) in [5.74, 6) is 0.800. The summed E-state index contributed by atoms with van der Waals surface area (Å²) in [5.41, 5.74) is -0.746. The predicted octanol–water partition coefficient (Wildman–Crippen LogP) is 0.687. The summed E-state index contributed by atoms with van der Waals surface area (Å²) >= 11 is 3.11. The van der Waals surface area contributed by atoms with E-state index < -0.39 is 0 Å². The highest BCUT2D eigenvalue weighted by atomic mass is 79.9. The van der Waals surface area contributed by atoms with Gasteiger partial charge in [-0.05, 0) is 41.6 Å². The Balaban J connectivity index is 1.92. The van der Waals surface area contributed by atoms with Gasteiger partial charge in [-0.1, -0.05) is 0 Å². The van der Waals surface area contributed by atoms with Crippen LogP contribution in [0.5, 0.6) is 0 Å². The van der Waals surface area contributed by atoms with Crippen molar-refractivity contribution in [3.05, 3.63) is 31.5 Å². The quantitative estimate of drug-likeness (QED) is 0.841. The largest absolute Gasteiger partial charge is 0.328 e. The second-order valence-corrected chi connectivity index (χ2v) is 5.36. The van der Waals surface area contributed by atoms with Crippen molar-refractivity contribution in [2.24, 2.45) is 5.92 Å². The van der Waals surface area contributed by atoms with Crippen LogP contribution in [0.15, 0.2) is 20.3 Å². The van der Waals surface area contributed by atoms with Gasteiger partial charge < -0.3 is 5.32 Å². The van der Waals surface area contributed by atoms with Crippen molar-refractivity contribution in [3.63, 3.8) is 0 Å². The predicted molar refractivity (Wildman–Crippen MR) is 69.2 cm³/mol. The zero-order valence-corrected chi connectivity index (χ0v) is 11.3. The van der Waals surface area contributed by atoms with E-state index in [2.05, 4.69) is 33.2 Å². The first-order chi connectivity index (χ1) is 8.08. The van der Waals surface area contributed by atoms with Gasteiger partial charge in [-0.25, -0.2) is 4.79 Å². The fraction of sp³-hybridized carbons (Fsp3) is 0.636. The number of aromatic amines is 1. The van der Waals surface area contributed by atoms with E-state index in [4.69, 9.17) is 0 Å². The molecule has 1 fully saturated rings. The lowest BCUT2D eigenvalue weighted by molar-refractivity contribution is 0.469. The number of halogens is 1. The molecule has 1 saturated carbocycles. The molecule has 1 atom stereocenters. The van der Waals surface area contributed by atoms with Crippen molar-refractivity contribution < 1.29 is 0 Å². The van der Waals surface area contributed by atoms with E-state index >= 15 is 0 Å². The third-order valence-corrected chi connectivity index (χ3v) is 3.68. The maximum Gasteiger partial charge on any atom is 0.328 e. The Bertz CT molecular complexity index is 504. The van der Waals surface area contributed by atoms with E-state index in [1.54, 1.807) is 0 Å². The monoisotopic (exact) mass is 301 g/mol. The Morgan fingerprint density at radius 1 is 1.59 bits per heavy atom. The molecular formula is C11H16BrN3O2. The maximum atomic E-state index is 11.5. The van der Waals surface area contributed by atoms with E-state index in [1.807, 2.05) is 0 Å². The number of aromatic nitrogens is 2. The Kier molecular flexibility index (Phi) is 3.83. The van der Waals surface area contributed by atoms with Crippen LogP contribution in [0.2, 0.25) is 0 Å². The van der Waals surface area contributed by atoms with Crippen molar-refractivity contribution in [2.45, 2.75) is 32.4 Å². The molecule has 2 N–H and O–H groups in total. The van der Waals surface area contributed by atoms with Gasteiger partial charge in [0.15, 0.2) is 0 Å². The molecule has 1 aromatic rings. The number of hydrogen-bond donors (Lipinski definition) is 2. The summed E-state index contributed by atoms with van der Waals surface area (Å²) in [6, 6.07) is 0.511. The molecule has 2 rings (SSSR count). The van der Waals surface area contributed by atoms with E-state index in [-0.39, 0.29) is 11.2 Å².